The van der Waals surface area contributed by atoms with Gasteiger partial charge in [-0.05, 0) is 29.6 Å². The van der Waals surface area contributed by atoms with E-state index in [1.54, 1.807) is 23.6 Å². The van der Waals surface area contributed by atoms with Crippen molar-refractivity contribution in [3.63, 3.8) is 0 Å². The summed E-state index contributed by atoms with van der Waals surface area (Å²) in [5, 5.41) is 12.6. The smallest absolute Gasteiger partial charge is 0.272 e. The number of thiophene rings is 1. The molecule has 28 heavy (non-hydrogen) atoms. The Bertz CT molecular complexity index is 1150. The number of aromatic amines is 1. The summed E-state index contributed by atoms with van der Waals surface area (Å²) in [6, 6.07) is 15.3. The summed E-state index contributed by atoms with van der Waals surface area (Å²) in [5.74, 6) is 6.19. The number of para-hydroxylation sites is 1. The number of nitrogens with zero attached hydrogens (tertiary/aromatic N) is 2. The molecule has 0 saturated carbocycles. The number of rotatable bonds is 5. The second kappa shape index (κ2) is 8.37. The Kier molecular flexibility index (Phi) is 5.31. The van der Waals surface area contributed by atoms with Crippen molar-refractivity contribution in [2.24, 2.45) is 0 Å². The van der Waals surface area contributed by atoms with Gasteiger partial charge in [-0.2, -0.15) is 5.10 Å². The number of H-pyrrole nitrogens is 1. The minimum Gasteiger partial charge on any atom is -0.479 e. The highest BCUT2D eigenvalue weighted by molar-refractivity contribution is 7.13. The average Bonchev–Trinajstić information content (AvgIpc) is 3.42. The van der Waals surface area contributed by atoms with Crippen LogP contribution < -0.4 is 10.1 Å². The number of fused-ring (bicyclic) bond motifs is 1. The topological polar surface area (TPSA) is 79.9 Å². The van der Waals surface area contributed by atoms with Gasteiger partial charge in [0.25, 0.3) is 5.91 Å². The standard InChI is InChI=1S/C21H16N4O2S/c26-21(17-14-16(24-25-17)19-9-5-13-28-19)23-10-1-2-12-27-18-8-3-6-15-7-4-11-22-20(15)18/h3-9,11,13-14H,10,12H2,(H,23,26)(H,24,25). The molecule has 0 aliphatic carbocycles. The minimum absolute atomic E-state index is 0.219. The van der Waals surface area contributed by atoms with E-state index in [1.807, 2.05) is 47.8 Å². The molecule has 0 bridgehead atoms. The Labute approximate surface area is 165 Å². The second-order valence-corrected chi connectivity index (χ2v) is 6.75. The Morgan fingerprint density at radius 1 is 1.18 bits per heavy atom. The number of aromatic nitrogens is 3. The predicted octanol–water partition coefficient (Wildman–Crippen LogP) is 3.50. The van der Waals surface area contributed by atoms with Crippen LogP contribution >= 0.6 is 11.3 Å². The van der Waals surface area contributed by atoms with Gasteiger partial charge in [-0.15, -0.1) is 11.3 Å². The van der Waals surface area contributed by atoms with Gasteiger partial charge in [-0.1, -0.05) is 36.1 Å². The van der Waals surface area contributed by atoms with Crippen LogP contribution in [0.2, 0.25) is 0 Å². The van der Waals surface area contributed by atoms with E-state index < -0.39 is 0 Å². The van der Waals surface area contributed by atoms with Gasteiger partial charge >= 0.3 is 0 Å². The molecule has 2 N–H and O–H groups in total. The van der Waals surface area contributed by atoms with Crippen LogP contribution in [-0.2, 0) is 0 Å². The van der Waals surface area contributed by atoms with E-state index in [9.17, 15) is 4.79 Å². The van der Waals surface area contributed by atoms with E-state index in [1.165, 1.54) is 0 Å². The molecular weight excluding hydrogens is 372 g/mol. The summed E-state index contributed by atoms with van der Waals surface area (Å²) in [6.45, 7) is 0.438. The molecule has 0 fully saturated rings. The monoisotopic (exact) mass is 388 g/mol. The third-order valence-electron chi connectivity index (χ3n) is 3.96. The SMILES string of the molecule is O=C(NCC#CCOc1cccc2cccnc12)c1cc(-c2cccs2)[nH]n1. The van der Waals surface area contributed by atoms with Crippen molar-refractivity contribution in [1.29, 1.82) is 0 Å². The molecule has 6 nitrogen and oxygen atoms in total. The van der Waals surface area contributed by atoms with E-state index in [0.717, 1.165) is 21.5 Å². The molecule has 4 rings (SSSR count). The predicted molar refractivity (Wildman–Crippen MR) is 109 cm³/mol. The summed E-state index contributed by atoms with van der Waals surface area (Å²) >= 11 is 1.58. The number of pyridine rings is 1. The first-order valence-corrected chi connectivity index (χ1v) is 9.49. The number of amides is 1. The maximum absolute atomic E-state index is 12.1. The average molecular weight is 388 g/mol. The molecule has 0 radical (unpaired) electrons. The van der Waals surface area contributed by atoms with E-state index in [-0.39, 0.29) is 19.1 Å². The van der Waals surface area contributed by atoms with E-state index in [0.29, 0.717) is 11.4 Å². The molecule has 3 heterocycles. The third kappa shape index (κ3) is 4.03. The Hall–Kier alpha value is -3.63. The molecule has 0 saturated heterocycles. The number of carbonyl (C=O) groups excluding carboxylic acids is 1. The van der Waals surface area contributed by atoms with Crippen molar-refractivity contribution >= 4 is 28.1 Å². The number of carbonyl (C=O) groups is 1. The summed E-state index contributed by atoms with van der Waals surface area (Å²) < 4.78 is 5.69. The normalized spacial score (nSPS) is 10.3. The van der Waals surface area contributed by atoms with Crippen LogP contribution in [0.25, 0.3) is 21.5 Å². The van der Waals surface area contributed by atoms with Crippen LogP contribution in [0.4, 0.5) is 0 Å². The van der Waals surface area contributed by atoms with Crippen LogP contribution in [0.15, 0.2) is 60.1 Å². The zero-order valence-electron chi connectivity index (χ0n) is 14.8. The fourth-order valence-electron chi connectivity index (χ4n) is 2.63. The van der Waals surface area contributed by atoms with Crippen molar-refractivity contribution in [1.82, 2.24) is 20.5 Å². The second-order valence-electron chi connectivity index (χ2n) is 5.80. The first kappa shape index (κ1) is 17.8. The molecule has 0 aliphatic rings. The van der Waals surface area contributed by atoms with Gasteiger partial charge < -0.3 is 10.1 Å². The van der Waals surface area contributed by atoms with Gasteiger partial charge in [0.15, 0.2) is 5.69 Å². The van der Waals surface area contributed by atoms with Crippen molar-refractivity contribution in [2.45, 2.75) is 0 Å². The summed E-state index contributed by atoms with van der Waals surface area (Å²) in [7, 11) is 0. The van der Waals surface area contributed by atoms with Gasteiger partial charge in [0.2, 0.25) is 0 Å². The minimum atomic E-state index is -0.271. The van der Waals surface area contributed by atoms with Gasteiger partial charge in [0.1, 0.15) is 17.9 Å². The van der Waals surface area contributed by atoms with Crippen LogP contribution in [0, 0.1) is 11.8 Å². The molecule has 0 spiro atoms. The Morgan fingerprint density at radius 2 is 2.11 bits per heavy atom. The fourth-order valence-corrected chi connectivity index (χ4v) is 3.32. The van der Waals surface area contributed by atoms with E-state index >= 15 is 0 Å². The van der Waals surface area contributed by atoms with Gasteiger partial charge in [0.05, 0.1) is 17.1 Å². The zero-order chi connectivity index (χ0) is 19.2. The lowest BCUT2D eigenvalue weighted by atomic mass is 10.2. The van der Waals surface area contributed by atoms with Crippen LogP contribution in [0.1, 0.15) is 10.5 Å². The molecule has 0 unspecified atom stereocenters. The lowest BCUT2D eigenvalue weighted by Crippen LogP contribution is -2.24. The first-order valence-electron chi connectivity index (χ1n) is 8.61. The number of benzene rings is 1. The summed E-state index contributed by atoms with van der Waals surface area (Å²) in [6.07, 6.45) is 1.73. The van der Waals surface area contributed by atoms with Crippen molar-refractivity contribution in [2.75, 3.05) is 13.2 Å². The van der Waals surface area contributed by atoms with E-state index in [4.69, 9.17) is 4.74 Å². The molecule has 7 heteroatoms. The molecular formula is C21H16N4O2S. The number of hydrogen-bond donors (Lipinski definition) is 2. The lowest BCUT2D eigenvalue weighted by molar-refractivity contribution is 0.0953. The van der Waals surface area contributed by atoms with Gasteiger partial charge in [-0.3, -0.25) is 14.9 Å². The molecule has 0 aliphatic heterocycles. The van der Waals surface area contributed by atoms with Crippen molar-refractivity contribution in [3.05, 3.63) is 65.8 Å². The quantitative estimate of drug-likeness (QED) is 0.513. The maximum atomic E-state index is 12.1. The van der Waals surface area contributed by atoms with Gasteiger partial charge in [-0.25, -0.2) is 0 Å². The largest absolute Gasteiger partial charge is 0.479 e. The molecule has 3 aromatic heterocycles. The van der Waals surface area contributed by atoms with Crippen molar-refractivity contribution < 1.29 is 9.53 Å². The zero-order valence-corrected chi connectivity index (χ0v) is 15.6. The van der Waals surface area contributed by atoms with Crippen LogP contribution in [0.5, 0.6) is 5.75 Å². The summed E-state index contributed by atoms with van der Waals surface area (Å²) in [4.78, 5) is 17.5. The highest BCUT2D eigenvalue weighted by Gasteiger charge is 2.10. The van der Waals surface area contributed by atoms with Crippen LogP contribution in [-0.4, -0.2) is 34.2 Å². The van der Waals surface area contributed by atoms with Crippen LogP contribution in [0.3, 0.4) is 0 Å². The molecule has 138 valence electrons. The first-order chi connectivity index (χ1) is 13.8. The lowest BCUT2D eigenvalue weighted by Gasteiger charge is -2.05. The fraction of sp³-hybridized carbons (Fsp3) is 0.0952. The highest BCUT2D eigenvalue weighted by Crippen LogP contribution is 2.23. The highest BCUT2D eigenvalue weighted by atomic mass is 32.1. The molecule has 4 aromatic rings. The van der Waals surface area contributed by atoms with Gasteiger partial charge in [0, 0.05) is 11.6 Å². The Morgan fingerprint density at radius 3 is 3.00 bits per heavy atom. The van der Waals surface area contributed by atoms with Crippen molar-refractivity contribution in [3.8, 4) is 28.2 Å². The number of nitrogens with one attached hydrogen (secondary N) is 2. The van der Waals surface area contributed by atoms with E-state index in [2.05, 4.69) is 32.3 Å². The number of ether oxygens (including phenoxy) is 1. The molecule has 1 aromatic carbocycles. The number of hydrogen-bond acceptors (Lipinski definition) is 5. The molecule has 1 amide bonds. The Balaban J connectivity index is 1.28. The molecule has 0 atom stereocenters. The third-order valence-corrected chi connectivity index (χ3v) is 4.86. The summed E-state index contributed by atoms with van der Waals surface area (Å²) in [5.41, 5.74) is 1.96. The maximum Gasteiger partial charge on any atom is 0.272 e.